The molecule has 1 fully saturated rings. The number of nitrogens with zero attached hydrogens (tertiary/aromatic N) is 5. The Kier molecular flexibility index (Phi) is 4.15. The van der Waals surface area contributed by atoms with E-state index in [2.05, 4.69) is 15.4 Å². The highest BCUT2D eigenvalue weighted by Gasteiger charge is 2.28. The van der Waals surface area contributed by atoms with Gasteiger partial charge in [-0.15, -0.1) is 0 Å². The lowest BCUT2D eigenvalue weighted by atomic mass is 10.2. The first-order valence-corrected chi connectivity index (χ1v) is 9.87. The maximum absolute atomic E-state index is 12.1. The fourth-order valence-electron chi connectivity index (χ4n) is 3.02. The third-order valence-corrected chi connectivity index (χ3v) is 6.17. The Hall–Kier alpha value is -3.21. The molecule has 3 heterocycles. The second kappa shape index (κ2) is 6.50. The van der Waals surface area contributed by atoms with Crippen LogP contribution in [-0.2, 0) is 16.6 Å². The summed E-state index contributed by atoms with van der Waals surface area (Å²) in [5.74, 6) is 0.404. The Morgan fingerprint density at radius 2 is 2.11 bits per heavy atom. The minimum Gasteiger partial charge on any atom is -0.363 e. The van der Waals surface area contributed by atoms with Gasteiger partial charge in [-0.1, -0.05) is 21.7 Å². The predicted molar refractivity (Wildman–Crippen MR) is 99.2 cm³/mol. The van der Waals surface area contributed by atoms with Crippen molar-refractivity contribution in [2.75, 3.05) is 21.9 Å². The van der Waals surface area contributed by atoms with E-state index in [9.17, 15) is 18.5 Å². The van der Waals surface area contributed by atoms with Gasteiger partial charge in [0.05, 0.1) is 11.4 Å². The molecule has 140 valence electrons. The van der Waals surface area contributed by atoms with Crippen LogP contribution >= 0.6 is 0 Å². The Morgan fingerprint density at radius 3 is 2.85 bits per heavy atom. The molecular weight excluding hydrogens is 372 g/mol. The number of imidazole rings is 1. The van der Waals surface area contributed by atoms with Crippen molar-refractivity contribution in [2.24, 2.45) is 0 Å². The first-order valence-electron chi connectivity index (χ1n) is 8.26. The number of sulfonamides is 1. The second-order valence-corrected chi connectivity index (χ2v) is 8.14. The van der Waals surface area contributed by atoms with E-state index in [0.717, 1.165) is 16.3 Å². The van der Waals surface area contributed by atoms with Crippen LogP contribution < -0.4 is 9.62 Å². The molecule has 1 aliphatic heterocycles. The number of rotatable bonds is 5. The maximum Gasteiger partial charge on any atom is 0.368 e. The normalized spacial score (nSPS) is 15.9. The van der Waals surface area contributed by atoms with Crippen LogP contribution in [0.2, 0.25) is 0 Å². The summed E-state index contributed by atoms with van der Waals surface area (Å²) in [7, 11) is -3.23. The summed E-state index contributed by atoms with van der Waals surface area (Å²) < 4.78 is 26.7. The first kappa shape index (κ1) is 17.2. The lowest BCUT2D eigenvalue weighted by Gasteiger charge is -2.17. The molecule has 0 radical (unpaired) electrons. The van der Waals surface area contributed by atoms with E-state index in [-0.39, 0.29) is 11.6 Å². The number of nitrogens with one attached hydrogen (secondary N) is 1. The highest BCUT2D eigenvalue weighted by Crippen LogP contribution is 2.25. The molecule has 27 heavy (non-hydrogen) atoms. The lowest BCUT2D eigenvalue weighted by molar-refractivity contribution is -0.391. The van der Waals surface area contributed by atoms with Gasteiger partial charge < -0.3 is 15.4 Å². The van der Waals surface area contributed by atoms with Gasteiger partial charge in [-0.3, -0.25) is 4.31 Å². The number of fused-ring (bicyclic) bond motifs is 1. The SMILES string of the molecule is O=[N+]([O-])c1cnc2ccc(NCc3cccc(N4CCCS4(=O)=O)c3)nn12. The molecule has 0 saturated carbocycles. The molecule has 0 bridgehead atoms. The standard InChI is InChI=1S/C16H16N6O4S/c23-22(24)16-11-18-15-6-5-14(19-21(15)16)17-10-12-3-1-4-13(9-12)20-7-2-8-27(20,25)26/h1,3-6,9,11H,2,7-8,10H2,(H,17,19). The third-order valence-electron chi connectivity index (χ3n) is 4.30. The van der Waals surface area contributed by atoms with E-state index < -0.39 is 14.9 Å². The second-order valence-electron chi connectivity index (χ2n) is 6.13. The molecule has 10 nitrogen and oxygen atoms in total. The quantitative estimate of drug-likeness (QED) is 0.522. The molecule has 11 heteroatoms. The van der Waals surface area contributed by atoms with Gasteiger partial charge in [-0.05, 0) is 35.1 Å². The van der Waals surface area contributed by atoms with E-state index in [0.29, 0.717) is 36.7 Å². The monoisotopic (exact) mass is 388 g/mol. The zero-order valence-electron chi connectivity index (χ0n) is 14.1. The average molecular weight is 388 g/mol. The van der Waals surface area contributed by atoms with Gasteiger partial charge >= 0.3 is 5.82 Å². The number of benzene rings is 1. The average Bonchev–Trinajstić information content (AvgIpc) is 3.22. The fraction of sp³-hybridized carbons (Fsp3) is 0.250. The van der Waals surface area contributed by atoms with Gasteiger partial charge in [0.2, 0.25) is 15.7 Å². The molecule has 0 amide bonds. The van der Waals surface area contributed by atoms with Crippen LogP contribution in [0.25, 0.3) is 5.65 Å². The topological polar surface area (TPSA) is 123 Å². The highest BCUT2D eigenvalue weighted by atomic mass is 32.2. The molecule has 1 saturated heterocycles. The van der Waals surface area contributed by atoms with Crippen molar-refractivity contribution in [3.8, 4) is 0 Å². The van der Waals surface area contributed by atoms with Crippen LogP contribution in [0.4, 0.5) is 17.3 Å². The molecule has 0 spiro atoms. The molecule has 0 unspecified atom stereocenters. The van der Waals surface area contributed by atoms with Crippen LogP contribution in [0.5, 0.6) is 0 Å². The summed E-state index contributed by atoms with van der Waals surface area (Å²) in [6.45, 7) is 0.879. The van der Waals surface area contributed by atoms with Crippen LogP contribution in [0.1, 0.15) is 12.0 Å². The van der Waals surface area contributed by atoms with Crippen molar-refractivity contribution in [2.45, 2.75) is 13.0 Å². The third kappa shape index (κ3) is 3.28. The first-order chi connectivity index (χ1) is 12.9. The van der Waals surface area contributed by atoms with E-state index in [1.807, 2.05) is 12.1 Å². The number of aromatic nitrogens is 3. The van der Waals surface area contributed by atoms with Crippen LogP contribution in [-0.4, -0.2) is 40.2 Å². The van der Waals surface area contributed by atoms with Gasteiger partial charge in [0.1, 0.15) is 6.20 Å². The molecule has 1 aliphatic rings. The Labute approximate surface area is 154 Å². The van der Waals surface area contributed by atoms with Gasteiger partial charge in [-0.25, -0.2) is 13.4 Å². The van der Waals surface area contributed by atoms with E-state index in [4.69, 9.17) is 0 Å². The van der Waals surface area contributed by atoms with Crippen molar-refractivity contribution in [1.29, 1.82) is 0 Å². The predicted octanol–water partition coefficient (Wildman–Crippen LogP) is 1.79. The molecule has 2 aromatic heterocycles. The lowest BCUT2D eigenvalue weighted by Crippen LogP contribution is -2.25. The largest absolute Gasteiger partial charge is 0.368 e. The van der Waals surface area contributed by atoms with Crippen molar-refractivity contribution >= 4 is 33.0 Å². The van der Waals surface area contributed by atoms with Crippen LogP contribution in [0.15, 0.2) is 42.6 Å². The molecule has 1 N–H and O–H groups in total. The molecule has 0 atom stereocenters. The summed E-state index contributed by atoms with van der Waals surface area (Å²) in [6.07, 6.45) is 1.78. The molecule has 3 aromatic rings. The zero-order chi connectivity index (χ0) is 19.0. The van der Waals surface area contributed by atoms with Gasteiger partial charge in [0.15, 0.2) is 5.82 Å². The summed E-state index contributed by atoms with van der Waals surface area (Å²) in [6, 6.07) is 10.6. The fourth-order valence-corrected chi connectivity index (χ4v) is 4.58. The van der Waals surface area contributed by atoms with Crippen molar-refractivity contribution in [3.63, 3.8) is 0 Å². The van der Waals surface area contributed by atoms with Gasteiger partial charge in [-0.2, -0.15) is 0 Å². The van der Waals surface area contributed by atoms with E-state index >= 15 is 0 Å². The highest BCUT2D eigenvalue weighted by molar-refractivity contribution is 7.93. The smallest absolute Gasteiger partial charge is 0.363 e. The minimum absolute atomic E-state index is 0.170. The number of hydrogen-bond donors (Lipinski definition) is 1. The Morgan fingerprint density at radius 1 is 1.26 bits per heavy atom. The van der Waals surface area contributed by atoms with Crippen LogP contribution in [0, 0.1) is 10.1 Å². The van der Waals surface area contributed by atoms with Crippen molar-refractivity contribution in [3.05, 3.63) is 58.3 Å². The van der Waals surface area contributed by atoms with Gasteiger partial charge in [0.25, 0.3) is 0 Å². The van der Waals surface area contributed by atoms with Gasteiger partial charge in [0, 0.05) is 19.2 Å². The minimum atomic E-state index is -3.23. The number of hydrogen-bond acceptors (Lipinski definition) is 7. The summed E-state index contributed by atoms with van der Waals surface area (Å²) in [4.78, 5) is 14.4. The molecular formula is C16H16N6O4S. The maximum atomic E-state index is 12.1. The van der Waals surface area contributed by atoms with Crippen molar-refractivity contribution < 1.29 is 13.3 Å². The Balaban J connectivity index is 1.54. The molecule has 1 aromatic carbocycles. The van der Waals surface area contributed by atoms with E-state index in [1.54, 1.807) is 24.3 Å². The Bertz CT molecular complexity index is 1130. The molecule has 4 rings (SSSR count). The number of nitro groups is 1. The summed E-state index contributed by atoms with van der Waals surface area (Å²) in [5.41, 5.74) is 1.89. The van der Waals surface area contributed by atoms with Crippen molar-refractivity contribution in [1.82, 2.24) is 14.6 Å². The molecule has 0 aliphatic carbocycles. The summed E-state index contributed by atoms with van der Waals surface area (Å²) in [5, 5.41) is 18.3. The number of anilines is 2. The van der Waals surface area contributed by atoms with E-state index in [1.165, 1.54) is 4.31 Å². The van der Waals surface area contributed by atoms with Crippen LogP contribution in [0.3, 0.4) is 0 Å². The summed E-state index contributed by atoms with van der Waals surface area (Å²) >= 11 is 0. The zero-order valence-corrected chi connectivity index (χ0v) is 15.0.